The molecule has 276 valence electrons. The molecule has 0 bridgehead atoms. The van der Waals surface area contributed by atoms with E-state index < -0.39 is 0 Å². The van der Waals surface area contributed by atoms with Gasteiger partial charge in [0.05, 0.1) is 28.4 Å². The average Bonchev–Trinajstić information content (AvgIpc) is 4.03. The van der Waals surface area contributed by atoms with Gasteiger partial charge in [-0.3, -0.25) is 0 Å². The van der Waals surface area contributed by atoms with Crippen molar-refractivity contribution in [1.82, 2.24) is 69.8 Å². The number of imidazole rings is 7. The first-order valence-electron chi connectivity index (χ1n) is 17.1. The largest absolute Gasteiger partial charge is 0.351 e. The quantitative estimate of drug-likeness (QED) is 0.0881. The highest BCUT2D eigenvalue weighted by Gasteiger charge is 1.96. The van der Waals surface area contributed by atoms with Crippen molar-refractivity contribution in [1.29, 1.82) is 0 Å². The highest BCUT2D eigenvalue weighted by atomic mass is 14.9. The van der Waals surface area contributed by atoms with E-state index in [1.165, 1.54) is 0 Å². The van der Waals surface area contributed by atoms with Crippen molar-refractivity contribution in [2.24, 2.45) is 0 Å². The summed E-state index contributed by atoms with van der Waals surface area (Å²) in [7, 11) is 0. The van der Waals surface area contributed by atoms with E-state index in [0.29, 0.717) is 0 Å². The number of rotatable bonds is 1. The molecular formula is C40H46N14. The van der Waals surface area contributed by atoms with Gasteiger partial charge in [-0.25, -0.2) is 34.9 Å². The Morgan fingerprint density at radius 3 is 1.17 bits per heavy atom. The Kier molecular flexibility index (Phi) is 16.4. The molecule has 0 amide bonds. The van der Waals surface area contributed by atoms with Crippen LogP contribution in [0.15, 0.2) is 147 Å². The molecule has 0 aliphatic carbocycles. The van der Waals surface area contributed by atoms with Crippen LogP contribution in [0.3, 0.4) is 0 Å². The minimum Gasteiger partial charge on any atom is -0.351 e. The Balaban J connectivity index is 0.000000143. The van der Waals surface area contributed by atoms with Crippen LogP contribution in [0.25, 0.3) is 33.5 Å². The number of nitrogens with zero attached hydrogens (tertiary/aromatic N) is 7. The number of aryl methyl sites for hydroxylation is 5. The Morgan fingerprint density at radius 1 is 0.407 bits per heavy atom. The summed E-state index contributed by atoms with van der Waals surface area (Å²) in [6.07, 6.45) is 19.3. The van der Waals surface area contributed by atoms with E-state index in [2.05, 4.69) is 69.8 Å². The number of aromatic nitrogens is 14. The maximum absolute atomic E-state index is 4.26. The third-order valence-corrected chi connectivity index (χ3v) is 6.87. The summed E-state index contributed by atoms with van der Waals surface area (Å²) in [6.45, 7) is 9.67. The molecule has 7 aromatic heterocycles. The van der Waals surface area contributed by atoms with Crippen LogP contribution in [0.4, 0.5) is 0 Å². The fraction of sp³-hybridized carbons (Fsp3) is 0.125. The molecule has 14 nitrogen and oxygen atoms in total. The third-order valence-electron chi connectivity index (χ3n) is 6.87. The SMILES string of the molecule is Cc1nc2ccccc2[nH]1.Cc1nc2ccccc2[nH]1.Cc1ncc[nH]1.Cc1ncc[nH]1.Cc1ncc[nH]1.c1c[nH]cn1.c1ccc(-c2ncc[nH]2)cc1. The number of hydrogen-bond acceptors (Lipinski definition) is 7. The van der Waals surface area contributed by atoms with Gasteiger partial charge in [-0.2, -0.15) is 0 Å². The first-order valence-corrected chi connectivity index (χ1v) is 17.1. The summed E-state index contributed by atoms with van der Waals surface area (Å²) in [5, 5.41) is 0. The molecule has 0 aliphatic heterocycles. The first-order chi connectivity index (χ1) is 26.4. The Bertz CT molecular complexity index is 2090. The van der Waals surface area contributed by atoms with Crippen LogP contribution in [0, 0.1) is 34.6 Å². The molecule has 0 atom stereocenters. The van der Waals surface area contributed by atoms with E-state index in [4.69, 9.17) is 0 Å². The summed E-state index contributed by atoms with van der Waals surface area (Å²) >= 11 is 0. The van der Waals surface area contributed by atoms with Gasteiger partial charge in [0.2, 0.25) is 0 Å². The summed E-state index contributed by atoms with van der Waals surface area (Å²) in [5.41, 5.74) is 5.43. The van der Waals surface area contributed by atoms with Gasteiger partial charge in [0.15, 0.2) is 0 Å². The predicted molar refractivity (Wildman–Crippen MR) is 214 cm³/mol. The van der Waals surface area contributed by atoms with Gasteiger partial charge in [0.1, 0.15) is 34.9 Å². The Morgan fingerprint density at radius 2 is 0.852 bits per heavy atom. The van der Waals surface area contributed by atoms with Crippen LogP contribution in [0.2, 0.25) is 0 Å². The standard InChI is InChI=1S/C9H8N2.2C8H8N2.3C4H6N2.C3H4N2/c1-2-4-8(5-3-1)9-10-6-7-11-9;2*1-6-9-7-4-2-3-5-8(7)10-6;3*1-4-5-2-3-6-4;1-2-5-3-4-1/h1-7H,(H,10,11);2*2-5H,1H3,(H,9,10);3*2-3H,1H3,(H,5,6);1-3H,(H,4,5). The molecule has 0 unspecified atom stereocenters. The Labute approximate surface area is 313 Å². The van der Waals surface area contributed by atoms with Crippen molar-refractivity contribution in [3.63, 3.8) is 0 Å². The summed E-state index contributed by atoms with van der Waals surface area (Å²) in [6, 6.07) is 26.1. The first kappa shape index (κ1) is 39.4. The van der Waals surface area contributed by atoms with Crippen molar-refractivity contribution >= 4 is 22.1 Å². The molecular weight excluding hydrogens is 677 g/mol. The van der Waals surface area contributed by atoms with Crippen molar-refractivity contribution in [2.45, 2.75) is 34.6 Å². The zero-order valence-corrected chi connectivity index (χ0v) is 31.0. The lowest BCUT2D eigenvalue weighted by Gasteiger charge is -1.92. The molecule has 3 aromatic carbocycles. The van der Waals surface area contributed by atoms with Gasteiger partial charge >= 0.3 is 0 Å². The molecule has 10 rings (SSSR count). The van der Waals surface area contributed by atoms with Gasteiger partial charge in [0.25, 0.3) is 0 Å². The third kappa shape index (κ3) is 14.9. The number of hydrogen-bond donors (Lipinski definition) is 7. The molecule has 7 heterocycles. The van der Waals surface area contributed by atoms with Crippen molar-refractivity contribution in [3.8, 4) is 11.4 Å². The second-order valence-corrected chi connectivity index (χ2v) is 11.3. The lowest BCUT2D eigenvalue weighted by atomic mass is 10.2. The van der Waals surface area contributed by atoms with E-state index in [9.17, 15) is 0 Å². The van der Waals surface area contributed by atoms with E-state index in [0.717, 1.165) is 62.6 Å². The molecule has 10 aromatic rings. The second kappa shape index (κ2) is 22.5. The lowest BCUT2D eigenvalue weighted by molar-refractivity contribution is 1.15. The summed E-state index contributed by atoms with van der Waals surface area (Å²) in [5.74, 6) is 5.77. The van der Waals surface area contributed by atoms with E-state index in [-0.39, 0.29) is 0 Å². The van der Waals surface area contributed by atoms with Crippen molar-refractivity contribution in [2.75, 3.05) is 0 Å². The number of aromatic amines is 7. The highest BCUT2D eigenvalue weighted by Crippen LogP contribution is 2.12. The van der Waals surface area contributed by atoms with Crippen LogP contribution < -0.4 is 0 Å². The van der Waals surface area contributed by atoms with E-state index in [1.807, 2.05) is 120 Å². The molecule has 0 spiro atoms. The second-order valence-electron chi connectivity index (χ2n) is 11.3. The summed E-state index contributed by atoms with van der Waals surface area (Å²) < 4.78 is 0. The monoisotopic (exact) mass is 722 g/mol. The molecule has 14 heteroatoms. The molecule has 7 N–H and O–H groups in total. The minimum absolute atomic E-state index is 0.922. The molecule has 0 fully saturated rings. The normalized spacial score (nSPS) is 9.57. The van der Waals surface area contributed by atoms with Gasteiger partial charge in [-0.05, 0) is 58.9 Å². The molecule has 0 saturated carbocycles. The average molecular weight is 723 g/mol. The maximum atomic E-state index is 4.26. The zero-order valence-electron chi connectivity index (χ0n) is 31.0. The van der Waals surface area contributed by atoms with E-state index in [1.54, 1.807) is 62.1 Å². The number of para-hydroxylation sites is 4. The fourth-order valence-corrected chi connectivity index (χ4v) is 4.43. The summed E-state index contributed by atoms with van der Waals surface area (Å²) in [4.78, 5) is 48.6. The highest BCUT2D eigenvalue weighted by molar-refractivity contribution is 5.75. The van der Waals surface area contributed by atoms with Crippen LogP contribution in [0.5, 0.6) is 0 Å². The maximum Gasteiger partial charge on any atom is 0.137 e. The predicted octanol–water partition coefficient (Wildman–Crippen LogP) is 8.38. The number of nitrogens with one attached hydrogen (secondary N) is 7. The number of benzene rings is 3. The molecule has 0 aliphatic rings. The van der Waals surface area contributed by atoms with Gasteiger partial charge in [-0.1, -0.05) is 54.6 Å². The van der Waals surface area contributed by atoms with Gasteiger partial charge in [0, 0.05) is 67.5 Å². The van der Waals surface area contributed by atoms with Crippen LogP contribution in [0.1, 0.15) is 29.1 Å². The molecule has 54 heavy (non-hydrogen) atoms. The van der Waals surface area contributed by atoms with Crippen molar-refractivity contribution in [3.05, 3.63) is 176 Å². The van der Waals surface area contributed by atoms with E-state index >= 15 is 0 Å². The molecule has 0 radical (unpaired) electrons. The Hall–Kier alpha value is -7.35. The zero-order chi connectivity index (χ0) is 38.2. The van der Waals surface area contributed by atoms with Gasteiger partial charge in [-0.15, -0.1) is 0 Å². The van der Waals surface area contributed by atoms with Crippen molar-refractivity contribution < 1.29 is 0 Å². The number of fused-ring (bicyclic) bond motifs is 2. The molecule has 0 saturated heterocycles. The van der Waals surface area contributed by atoms with Crippen LogP contribution >= 0.6 is 0 Å². The lowest BCUT2D eigenvalue weighted by Crippen LogP contribution is -1.77. The van der Waals surface area contributed by atoms with Crippen LogP contribution in [-0.2, 0) is 0 Å². The minimum atomic E-state index is 0.922. The fourth-order valence-electron chi connectivity index (χ4n) is 4.43. The van der Waals surface area contributed by atoms with Gasteiger partial charge < -0.3 is 34.9 Å². The smallest absolute Gasteiger partial charge is 0.137 e. The topological polar surface area (TPSA) is 201 Å². The number of H-pyrrole nitrogens is 7. The van der Waals surface area contributed by atoms with Crippen LogP contribution in [-0.4, -0.2) is 69.8 Å².